The number of nitrogens with zero attached hydrogens (tertiary/aromatic N) is 4. The molecule has 1 saturated carbocycles. The Bertz CT molecular complexity index is 794. The Morgan fingerprint density at radius 3 is 2.74 bits per heavy atom. The second-order valence-electron chi connectivity index (χ2n) is 6.57. The van der Waals surface area contributed by atoms with Crippen LogP contribution in [0.5, 0.6) is 5.88 Å². The largest absolute Gasteiger partial charge is 0.480 e. The molecule has 8 heteroatoms. The fourth-order valence-corrected chi connectivity index (χ4v) is 2.94. The lowest BCUT2D eigenvalue weighted by molar-refractivity contribution is 0.115. The Labute approximate surface area is 159 Å². The van der Waals surface area contributed by atoms with E-state index in [2.05, 4.69) is 32.2 Å². The van der Waals surface area contributed by atoms with Crippen molar-refractivity contribution in [3.8, 4) is 17.3 Å². The summed E-state index contributed by atoms with van der Waals surface area (Å²) in [5.41, 5.74) is 2.25. The molecule has 2 aromatic heterocycles. The van der Waals surface area contributed by atoms with E-state index >= 15 is 0 Å². The van der Waals surface area contributed by atoms with Crippen molar-refractivity contribution in [2.75, 3.05) is 19.5 Å². The SMILES string of the molecule is CCCCC(Nc1nc(-c2c(OC)ncnc2C2CC2)ncc1C=N)OC. The summed E-state index contributed by atoms with van der Waals surface area (Å²) in [6, 6.07) is 0. The molecule has 2 heterocycles. The van der Waals surface area contributed by atoms with Crippen LogP contribution in [0.25, 0.3) is 11.4 Å². The van der Waals surface area contributed by atoms with Gasteiger partial charge in [0.1, 0.15) is 23.9 Å². The summed E-state index contributed by atoms with van der Waals surface area (Å²) < 4.78 is 11.0. The van der Waals surface area contributed by atoms with E-state index in [1.807, 2.05) is 0 Å². The van der Waals surface area contributed by atoms with Crippen LogP contribution in [-0.2, 0) is 4.74 Å². The summed E-state index contributed by atoms with van der Waals surface area (Å²) in [5, 5.41) is 11.0. The van der Waals surface area contributed by atoms with E-state index in [1.54, 1.807) is 20.4 Å². The Morgan fingerprint density at radius 2 is 2.11 bits per heavy atom. The molecule has 0 bridgehead atoms. The smallest absolute Gasteiger partial charge is 0.227 e. The van der Waals surface area contributed by atoms with Gasteiger partial charge in [-0.25, -0.2) is 19.9 Å². The van der Waals surface area contributed by atoms with Gasteiger partial charge in [0.05, 0.1) is 18.4 Å². The molecule has 0 aliphatic heterocycles. The van der Waals surface area contributed by atoms with E-state index in [4.69, 9.17) is 14.9 Å². The van der Waals surface area contributed by atoms with Crippen LogP contribution in [0.4, 0.5) is 5.82 Å². The zero-order valence-corrected chi connectivity index (χ0v) is 16.0. The fraction of sp³-hybridized carbons (Fsp3) is 0.526. The van der Waals surface area contributed by atoms with Gasteiger partial charge in [-0.05, 0) is 25.7 Å². The Hall–Kier alpha value is -2.61. The molecule has 1 unspecified atom stereocenters. The molecule has 0 aromatic carbocycles. The minimum atomic E-state index is -0.178. The first-order chi connectivity index (χ1) is 13.2. The van der Waals surface area contributed by atoms with Gasteiger partial charge in [0.25, 0.3) is 0 Å². The first kappa shape index (κ1) is 19.2. The van der Waals surface area contributed by atoms with Gasteiger partial charge >= 0.3 is 0 Å². The van der Waals surface area contributed by atoms with Crippen LogP contribution in [0.1, 0.15) is 56.2 Å². The summed E-state index contributed by atoms with van der Waals surface area (Å²) >= 11 is 0. The molecular formula is C19H26N6O2. The number of ether oxygens (including phenoxy) is 2. The number of rotatable bonds is 10. The molecule has 2 aromatic rings. The van der Waals surface area contributed by atoms with Crippen molar-refractivity contribution in [3.05, 3.63) is 23.8 Å². The zero-order valence-electron chi connectivity index (χ0n) is 16.0. The molecule has 1 atom stereocenters. The molecule has 1 aliphatic rings. The van der Waals surface area contributed by atoms with E-state index < -0.39 is 0 Å². The average molecular weight is 370 g/mol. The number of unbranched alkanes of at least 4 members (excludes halogenated alkanes) is 1. The lowest BCUT2D eigenvalue weighted by Crippen LogP contribution is -2.23. The summed E-state index contributed by atoms with van der Waals surface area (Å²) in [6.45, 7) is 2.14. The maximum absolute atomic E-state index is 7.66. The second-order valence-corrected chi connectivity index (χ2v) is 6.57. The van der Waals surface area contributed by atoms with Gasteiger partial charge in [-0.2, -0.15) is 0 Å². The van der Waals surface area contributed by atoms with E-state index in [-0.39, 0.29) is 6.23 Å². The predicted octanol–water partition coefficient (Wildman–Crippen LogP) is 3.39. The van der Waals surface area contributed by atoms with Crippen LogP contribution < -0.4 is 10.1 Å². The third kappa shape index (κ3) is 4.39. The normalized spacial score (nSPS) is 14.6. The highest BCUT2D eigenvalue weighted by molar-refractivity contribution is 5.84. The van der Waals surface area contributed by atoms with Gasteiger partial charge in [0.2, 0.25) is 5.88 Å². The molecular weight excluding hydrogens is 344 g/mol. The number of hydrogen-bond donors (Lipinski definition) is 2. The first-order valence-corrected chi connectivity index (χ1v) is 9.27. The third-order valence-electron chi connectivity index (χ3n) is 4.60. The van der Waals surface area contributed by atoms with Crippen LogP contribution in [0.3, 0.4) is 0 Å². The van der Waals surface area contributed by atoms with Gasteiger partial charge in [0.15, 0.2) is 5.82 Å². The lowest BCUT2D eigenvalue weighted by atomic mass is 10.1. The van der Waals surface area contributed by atoms with Crippen molar-refractivity contribution < 1.29 is 9.47 Å². The Kier molecular flexibility index (Phi) is 6.28. The van der Waals surface area contributed by atoms with Crippen LogP contribution in [0, 0.1) is 5.41 Å². The molecule has 27 heavy (non-hydrogen) atoms. The summed E-state index contributed by atoms with van der Waals surface area (Å²) in [5.74, 6) is 1.92. The van der Waals surface area contributed by atoms with Gasteiger partial charge in [0, 0.05) is 25.4 Å². The summed E-state index contributed by atoms with van der Waals surface area (Å²) in [4.78, 5) is 17.8. The highest BCUT2D eigenvalue weighted by Crippen LogP contribution is 2.44. The van der Waals surface area contributed by atoms with Crippen LogP contribution in [0.2, 0.25) is 0 Å². The minimum absolute atomic E-state index is 0.178. The zero-order chi connectivity index (χ0) is 19.2. The highest BCUT2D eigenvalue weighted by atomic mass is 16.5. The number of methoxy groups -OCH3 is 2. The molecule has 2 N–H and O–H groups in total. The molecule has 3 rings (SSSR count). The maximum atomic E-state index is 7.66. The van der Waals surface area contributed by atoms with E-state index in [1.165, 1.54) is 12.5 Å². The van der Waals surface area contributed by atoms with Crippen LogP contribution in [-0.4, -0.2) is 46.6 Å². The average Bonchev–Trinajstić information content (AvgIpc) is 3.55. The van der Waals surface area contributed by atoms with Gasteiger partial charge < -0.3 is 20.2 Å². The molecule has 0 spiro atoms. The van der Waals surface area contributed by atoms with Crippen molar-refractivity contribution in [3.63, 3.8) is 0 Å². The molecule has 0 radical (unpaired) electrons. The van der Waals surface area contributed by atoms with Crippen LogP contribution in [0.15, 0.2) is 12.5 Å². The van der Waals surface area contributed by atoms with Crippen molar-refractivity contribution in [1.29, 1.82) is 5.41 Å². The highest BCUT2D eigenvalue weighted by Gasteiger charge is 2.31. The van der Waals surface area contributed by atoms with Crippen LogP contribution >= 0.6 is 0 Å². The Balaban J connectivity index is 1.99. The molecule has 0 amide bonds. The third-order valence-corrected chi connectivity index (χ3v) is 4.60. The molecule has 1 fully saturated rings. The van der Waals surface area contributed by atoms with E-state index in [0.29, 0.717) is 29.0 Å². The predicted molar refractivity (Wildman–Crippen MR) is 103 cm³/mol. The Morgan fingerprint density at radius 1 is 1.30 bits per heavy atom. The van der Waals surface area contributed by atoms with Crippen molar-refractivity contribution in [2.45, 2.75) is 51.2 Å². The minimum Gasteiger partial charge on any atom is -0.480 e. The molecule has 0 saturated heterocycles. The molecule has 144 valence electrons. The van der Waals surface area contributed by atoms with Crippen molar-refractivity contribution in [1.82, 2.24) is 19.9 Å². The summed E-state index contributed by atoms with van der Waals surface area (Å²) in [6.07, 6.45) is 9.38. The number of anilines is 1. The van der Waals surface area contributed by atoms with Gasteiger partial charge in [-0.3, -0.25) is 0 Å². The monoisotopic (exact) mass is 370 g/mol. The maximum Gasteiger partial charge on any atom is 0.227 e. The second kappa shape index (κ2) is 8.85. The molecule has 8 nitrogen and oxygen atoms in total. The number of nitrogens with one attached hydrogen (secondary N) is 2. The standard InChI is InChI=1S/C19H26N6O2/c1-4-5-6-14(26-2)24-17-13(9-20)10-21-18(25-17)15-16(12-7-8-12)22-11-23-19(15)27-3/h9-12,14,20H,4-8H2,1-3H3,(H,21,24,25). The van der Waals surface area contributed by atoms with Gasteiger partial charge in [-0.1, -0.05) is 13.3 Å². The van der Waals surface area contributed by atoms with Crippen molar-refractivity contribution >= 4 is 12.0 Å². The fourth-order valence-electron chi connectivity index (χ4n) is 2.94. The van der Waals surface area contributed by atoms with E-state index in [0.717, 1.165) is 43.4 Å². The quantitative estimate of drug-likeness (QED) is 0.488. The summed E-state index contributed by atoms with van der Waals surface area (Å²) in [7, 11) is 3.25. The topological polar surface area (TPSA) is 106 Å². The number of aromatic nitrogens is 4. The van der Waals surface area contributed by atoms with Crippen molar-refractivity contribution in [2.24, 2.45) is 0 Å². The first-order valence-electron chi connectivity index (χ1n) is 9.27. The number of hydrogen-bond acceptors (Lipinski definition) is 8. The van der Waals surface area contributed by atoms with E-state index in [9.17, 15) is 0 Å². The lowest BCUT2D eigenvalue weighted by Gasteiger charge is -2.19. The molecule has 1 aliphatic carbocycles. The van der Waals surface area contributed by atoms with Gasteiger partial charge in [-0.15, -0.1) is 0 Å².